The first-order valence-corrected chi connectivity index (χ1v) is 3.03. The van der Waals surface area contributed by atoms with Crippen molar-refractivity contribution in [1.82, 2.24) is 10.2 Å². The Bertz CT molecular complexity index is 193. The first kappa shape index (κ1) is 6.95. The lowest BCUT2D eigenvalue weighted by Crippen LogP contribution is -1.87. The summed E-state index contributed by atoms with van der Waals surface area (Å²) < 4.78 is 0. The number of aliphatic hydroxyl groups excluding tert-OH is 1. The Morgan fingerprint density at radius 1 is 1.80 bits per heavy atom. The molecule has 0 bridgehead atoms. The van der Waals surface area contributed by atoms with Crippen molar-refractivity contribution in [3.63, 3.8) is 0 Å². The minimum Gasteiger partial charge on any atom is -0.394 e. The number of aliphatic hydroxyl groups is 1. The number of nitrogens with one attached hydrogen (secondary N) is 1. The lowest BCUT2D eigenvalue weighted by molar-refractivity contribution is 0.307. The third-order valence-electron chi connectivity index (χ3n) is 0.989. The van der Waals surface area contributed by atoms with Gasteiger partial charge >= 0.3 is 0 Å². The molecule has 10 heavy (non-hydrogen) atoms. The van der Waals surface area contributed by atoms with E-state index in [1.54, 1.807) is 18.6 Å². The summed E-state index contributed by atoms with van der Waals surface area (Å²) in [6.07, 6.45) is 5.07. The molecule has 0 saturated carbocycles. The molecule has 54 valence electrons. The highest BCUT2D eigenvalue weighted by Crippen LogP contribution is 1.86. The highest BCUT2D eigenvalue weighted by molar-refractivity contribution is 5.78. The Balaban J connectivity index is 2.40. The van der Waals surface area contributed by atoms with Gasteiger partial charge in [0.2, 0.25) is 0 Å². The maximum atomic E-state index is 8.36. The van der Waals surface area contributed by atoms with Crippen LogP contribution in [0.25, 0.3) is 0 Å². The normalized spacial score (nSPS) is 10.9. The van der Waals surface area contributed by atoms with Crippen LogP contribution in [0.2, 0.25) is 0 Å². The number of aromatic nitrogens is 2. The van der Waals surface area contributed by atoms with E-state index < -0.39 is 0 Å². The summed E-state index contributed by atoms with van der Waals surface area (Å²) >= 11 is 0. The zero-order valence-corrected chi connectivity index (χ0v) is 5.49. The molecule has 0 saturated heterocycles. The number of hydrogen-bond acceptors (Lipinski definition) is 3. The van der Waals surface area contributed by atoms with E-state index in [4.69, 9.17) is 5.11 Å². The lowest BCUT2D eigenvalue weighted by atomic mass is 10.4. The van der Waals surface area contributed by atoms with Crippen LogP contribution in [0.3, 0.4) is 0 Å². The fraction of sp³-hybridized carbons (Fsp3) is 0.333. The summed E-state index contributed by atoms with van der Waals surface area (Å²) in [4.78, 5) is 3.90. The molecule has 1 aromatic rings. The number of nitrogens with zero attached hydrogens (tertiary/aromatic N) is 2. The zero-order chi connectivity index (χ0) is 7.23. The standard InChI is InChI=1S/C6H9N3O/c10-2-1-7-3-6-4-8-9-5-6/h3-5,10H,1-2H2,(H,8,9). The number of hydrogen-bond donors (Lipinski definition) is 2. The van der Waals surface area contributed by atoms with Crippen molar-refractivity contribution in [2.24, 2.45) is 4.99 Å². The van der Waals surface area contributed by atoms with Gasteiger partial charge in [-0.25, -0.2) is 0 Å². The molecule has 0 fully saturated rings. The van der Waals surface area contributed by atoms with Crippen molar-refractivity contribution in [3.8, 4) is 0 Å². The Morgan fingerprint density at radius 3 is 3.30 bits per heavy atom. The van der Waals surface area contributed by atoms with Gasteiger partial charge in [-0.2, -0.15) is 5.10 Å². The Labute approximate surface area is 58.6 Å². The molecule has 0 amide bonds. The van der Waals surface area contributed by atoms with Crippen LogP contribution < -0.4 is 0 Å². The average Bonchev–Trinajstić information content (AvgIpc) is 2.41. The number of aromatic amines is 1. The second-order valence-electron chi connectivity index (χ2n) is 1.79. The van der Waals surface area contributed by atoms with E-state index >= 15 is 0 Å². The van der Waals surface area contributed by atoms with Crippen molar-refractivity contribution in [2.75, 3.05) is 13.2 Å². The summed E-state index contributed by atoms with van der Waals surface area (Å²) in [5.41, 5.74) is 0.924. The van der Waals surface area contributed by atoms with Crippen LogP contribution in [0.4, 0.5) is 0 Å². The van der Waals surface area contributed by atoms with Crippen molar-refractivity contribution in [1.29, 1.82) is 0 Å². The van der Waals surface area contributed by atoms with Gasteiger partial charge in [0.05, 0.1) is 19.3 Å². The second-order valence-corrected chi connectivity index (χ2v) is 1.79. The van der Waals surface area contributed by atoms with E-state index in [0.29, 0.717) is 6.54 Å². The van der Waals surface area contributed by atoms with E-state index in [2.05, 4.69) is 15.2 Å². The summed E-state index contributed by atoms with van der Waals surface area (Å²) in [6.45, 7) is 0.541. The van der Waals surface area contributed by atoms with Crippen LogP contribution in [0.5, 0.6) is 0 Å². The van der Waals surface area contributed by atoms with E-state index in [0.717, 1.165) is 5.56 Å². The molecule has 0 spiro atoms. The predicted octanol–water partition coefficient (Wildman–Crippen LogP) is -0.179. The first-order chi connectivity index (χ1) is 4.93. The molecule has 0 radical (unpaired) electrons. The van der Waals surface area contributed by atoms with Gasteiger partial charge in [0.15, 0.2) is 0 Å². The molecule has 0 unspecified atom stereocenters. The molecule has 4 nitrogen and oxygen atoms in total. The van der Waals surface area contributed by atoms with Crippen LogP contribution in [0.15, 0.2) is 17.4 Å². The largest absolute Gasteiger partial charge is 0.394 e. The molecule has 0 aromatic carbocycles. The Morgan fingerprint density at radius 2 is 2.70 bits per heavy atom. The highest BCUT2D eigenvalue weighted by Gasteiger charge is 1.84. The van der Waals surface area contributed by atoms with Crippen molar-refractivity contribution in [3.05, 3.63) is 18.0 Å². The van der Waals surface area contributed by atoms with E-state index in [1.807, 2.05) is 0 Å². The van der Waals surface area contributed by atoms with Crippen LogP contribution in [0.1, 0.15) is 5.56 Å². The molecule has 1 heterocycles. The average molecular weight is 139 g/mol. The maximum absolute atomic E-state index is 8.36. The minimum absolute atomic E-state index is 0.0916. The zero-order valence-electron chi connectivity index (χ0n) is 5.49. The summed E-state index contributed by atoms with van der Waals surface area (Å²) in [7, 11) is 0. The molecule has 0 aliphatic rings. The molecule has 2 N–H and O–H groups in total. The van der Waals surface area contributed by atoms with Gasteiger partial charge in [0.25, 0.3) is 0 Å². The summed E-state index contributed by atoms with van der Waals surface area (Å²) in [6, 6.07) is 0. The SMILES string of the molecule is OCCN=Cc1cn[nH]c1. The molecule has 0 atom stereocenters. The van der Waals surface area contributed by atoms with Gasteiger partial charge in [-0.1, -0.05) is 0 Å². The fourth-order valence-electron chi connectivity index (χ4n) is 0.559. The van der Waals surface area contributed by atoms with Crippen LogP contribution >= 0.6 is 0 Å². The molecular formula is C6H9N3O. The smallest absolute Gasteiger partial charge is 0.0626 e. The van der Waals surface area contributed by atoms with E-state index in [-0.39, 0.29) is 6.61 Å². The Kier molecular flexibility index (Phi) is 2.63. The topological polar surface area (TPSA) is 61.3 Å². The lowest BCUT2D eigenvalue weighted by Gasteiger charge is -1.82. The van der Waals surface area contributed by atoms with Crippen molar-refractivity contribution in [2.45, 2.75) is 0 Å². The molecule has 0 aliphatic heterocycles. The monoisotopic (exact) mass is 139 g/mol. The molecule has 4 heteroatoms. The highest BCUT2D eigenvalue weighted by atomic mass is 16.3. The van der Waals surface area contributed by atoms with Crippen LogP contribution in [-0.2, 0) is 0 Å². The fourth-order valence-corrected chi connectivity index (χ4v) is 0.559. The van der Waals surface area contributed by atoms with Crippen LogP contribution in [-0.4, -0.2) is 34.7 Å². The summed E-state index contributed by atoms with van der Waals surface area (Å²) in [5, 5.41) is 14.7. The number of aliphatic imine (C=N–C) groups is 1. The third-order valence-corrected chi connectivity index (χ3v) is 0.989. The van der Waals surface area contributed by atoms with E-state index in [9.17, 15) is 0 Å². The van der Waals surface area contributed by atoms with Crippen molar-refractivity contribution < 1.29 is 5.11 Å². The quantitative estimate of drug-likeness (QED) is 0.571. The molecule has 1 aromatic heterocycles. The van der Waals surface area contributed by atoms with E-state index in [1.165, 1.54) is 0 Å². The number of H-pyrrole nitrogens is 1. The van der Waals surface area contributed by atoms with Gasteiger partial charge in [-0.15, -0.1) is 0 Å². The Hall–Kier alpha value is -1.16. The van der Waals surface area contributed by atoms with Gasteiger partial charge in [0, 0.05) is 18.0 Å². The van der Waals surface area contributed by atoms with Gasteiger partial charge in [-0.05, 0) is 0 Å². The van der Waals surface area contributed by atoms with Gasteiger partial charge in [-0.3, -0.25) is 10.1 Å². The maximum Gasteiger partial charge on any atom is 0.0626 e. The second kappa shape index (κ2) is 3.79. The molecular weight excluding hydrogens is 130 g/mol. The van der Waals surface area contributed by atoms with Crippen molar-refractivity contribution >= 4 is 6.21 Å². The van der Waals surface area contributed by atoms with Gasteiger partial charge < -0.3 is 5.11 Å². The predicted molar refractivity (Wildman–Crippen MR) is 38.1 cm³/mol. The third kappa shape index (κ3) is 1.99. The number of rotatable bonds is 3. The molecule has 1 rings (SSSR count). The van der Waals surface area contributed by atoms with Gasteiger partial charge in [0.1, 0.15) is 0 Å². The minimum atomic E-state index is 0.0916. The first-order valence-electron chi connectivity index (χ1n) is 3.03. The molecule has 0 aliphatic carbocycles. The van der Waals surface area contributed by atoms with Crippen LogP contribution in [0, 0.1) is 0 Å². The summed E-state index contributed by atoms with van der Waals surface area (Å²) in [5.74, 6) is 0.